The summed E-state index contributed by atoms with van der Waals surface area (Å²) in [6.45, 7) is 1.76. The number of aryl methyl sites for hydroxylation is 1. The van der Waals surface area contributed by atoms with Gasteiger partial charge in [-0.1, -0.05) is 11.3 Å². The summed E-state index contributed by atoms with van der Waals surface area (Å²) in [5.41, 5.74) is 2.76. The molecule has 0 aliphatic carbocycles. The SMILES string of the molecule is Cc1nc(-c2ccc3[nH]c(=O)[nH]c3c2)sc1O. The molecule has 17 heavy (non-hydrogen) atoms. The average Bonchev–Trinajstić information content (AvgIpc) is 2.80. The van der Waals surface area contributed by atoms with Crippen LogP contribution in [0.1, 0.15) is 5.69 Å². The molecule has 0 amide bonds. The van der Waals surface area contributed by atoms with E-state index in [0.29, 0.717) is 5.69 Å². The van der Waals surface area contributed by atoms with Gasteiger partial charge in [0.2, 0.25) is 0 Å². The molecule has 5 nitrogen and oxygen atoms in total. The predicted octanol–water partition coefficient (Wildman–Crippen LogP) is 1.99. The molecule has 6 heteroatoms. The Morgan fingerprint density at radius 2 is 2.06 bits per heavy atom. The van der Waals surface area contributed by atoms with Gasteiger partial charge >= 0.3 is 5.69 Å². The van der Waals surface area contributed by atoms with Crippen molar-refractivity contribution in [3.8, 4) is 15.6 Å². The molecule has 0 aliphatic heterocycles. The van der Waals surface area contributed by atoms with Crippen molar-refractivity contribution in [2.75, 3.05) is 0 Å². The molecule has 0 radical (unpaired) electrons. The van der Waals surface area contributed by atoms with Crippen LogP contribution in [0.2, 0.25) is 0 Å². The number of hydrogen-bond acceptors (Lipinski definition) is 4. The third-order valence-electron chi connectivity index (χ3n) is 2.54. The van der Waals surface area contributed by atoms with Crippen LogP contribution in [0, 0.1) is 6.92 Å². The third-order valence-corrected chi connectivity index (χ3v) is 3.54. The number of benzene rings is 1. The van der Waals surface area contributed by atoms with Gasteiger partial charge in [0.15, 0.2) is 5.06 Å². The van der Waals surface area contributed by atoms with E-state index in [-0.39, 0.29) is 10.8 Å². The second-order valence-corrected chi connectivity index (χ2v) is 4.73. The fourth-order valence-electron chi connectivity index (χ4n) is 1.68. The first-order chi connectivity index (χ1) is 8.13. The number of thiazole rings is 1. The highest BCUT2D eigenvalue weighted by Crippen LogP contribution is 2.33. The van der Waals surface area contributed by atoms with Crippen molar-refractivity contribution in [2.45, 2.75) is 6.92 Å². The van der Waals surface area contributed by atoms with Gasteiger partial charge in [0.1, 0.15) is 5.01 Å². The molecule has 0 bridgehead atoms. The Balaban J connectivity index is 2.20. The fourth-order valence-corrected chi connectivity index (χ4v) is 2.48. The van der Waals surface area contributed by atoms with Crippen molar-refractivity contribution in [1.82, 2.24) is 15.0 Å². The van der Waals surface area contributed by atoms with Gasteiger partial charge in [0.25, 0.3) is 0 Å². The van der Waals surface area contributed by atoms with E-state index in [4.69, 9.17) is 0 Å². The second kappa shape index (κ2) is 3.46. The number of rotatable bonds is 1. The first kappa shape index (κ1) is 10.1. The molecule has 3 rings (SSSR count). The quantitative estimate of drug-likeness (QED) is 0.615. The molecule has 86 valence electrons. The van der Waals surface area contributed by atoms with Gasteiger partial charge in [0.05, 0.1) is 16.7 Å². The number of aromatic amines is 2. The minimum absolute atomic E-state index is 0.225. The highest BCUT2D eigenvalue weighted by molar-refractivity contribution is 7.16. The minimum atomic E-state index is -0.227. The van der Waals surface area contributed by atoms with Crippen LogP contribution >= 0.6 is 11.3 Å². The van der Waals surface area contributed by atoms with E-state index >= 15 is 0 Å². The summed E-state index contributed by atoms with van der Waals surface area (Å²) in [7, 11) is 0. The van der Waals surface area contributed by atoms with Crippen LogP contribution < -0.4 is 5.69 Å². The number of nitrogens with zero attached hydrogens (tertiary/aromatic N) is 1. The lowest BCUT2D eigenvalue weighted by Gasteiger charge is -1.95. The van der Waals surface area contributed by atoms with Gasteiger partial charge in [-0.2, -0.15) is 0 Å². The van der Waals surface area contributed by atoms with Gasteiger partial charge in [-0.15, -0.1) is 0 Å². The molecule has 0 spiro atoms. The van der Waals surface area contributed by atoms with Crippen LogP contribution in [0.5, 0.6) is 5.06 Å². The largest absolute Gasteiger partial charge is 0.498 e. The summed E-state index contributed by atoms with van der Waals surface area (Å²) >= 11 is 1.23. The molecule has 1 aromatic carbocycles. The lowest BCUT2D eigenvalue weighted by Crippen LogP contribution is -1.99. The molecular weight excluding hydrogens is 238 g/mol. The summed E-state index contributed by atoms with van der Waals surface area (Å²) in [4.78, 5) is 20.8. The topological polar surface area (TPSA) is 81.8 Å². The maximum absolute atomic E-state index is 11.1. The summed E-state index contributed by atoms with van der Waals surface area (Å²) in [6, 6.07) is 5.52. The second-order valence-electron chi connectivity index (χ2n) is 3.75. The Labute approximate surface area is 99.8 Å². The van der Waals surface area contributed by atoms with Crippen LogP contribution in [-0.4, -0.2) is 20.1 Å². The first-order valence-electron chi connectivity index (χ1n) is 5.02. The molecule has 0 aliphatic rings. The van der Waals surface area contributed by atoms with Crippen molar-refractivity contribution in [1.29, 1.82) is 0 Å². The molecular formula is C11H9N3O2S. The van der Waals surface area contributed by atoms with Crippen molar-refractivity contribution in [2.24, 2.45) is 0 Å². The highest BCUT2D eigenvalue weighted by Gasteiger charge is 2.09. The number of imidazole rings is 1. The zero-order valence-corrected chi connectivity index (χ0v) is 9.76. The van der Waals surface area contributed by atoms with Crippen molar-refractivity contribution in [3.05, 3.63) is 34.4 Å². The molecule has 2 aromatic heterocycles. The maximum Gasteiger partial charge on any atom is 0.323 e. The van der Waals surface area contributed by atoms with E-state index in [9.17, 15) is 9.90 Å². The van der Waals surface area contributed by atoms with E-state index in [0.717, 1.165) is 21.6 Å². The molecule has 0 fully saturated rings. The van der Waals surface area contributed by atoms with Crippen molar-refractivity contribution in [3.63, 3.8) is 0 Å². The maximum atomic E-state index is 11.1. The fraction of sp³-hybridized carbons (Fsp3) is 0.0909. The Bertz CT molecular complexity index is 734. The van der Waals surface area contributed by atoms with Gasteiger partial charge in [-0.25, -0.2) is 9.78 Å². The van der Waals surface area contributed by atoms with Crippen LogP contribution in [0.4, 0.5) is 0 Å². The smallest absolute Gasteiger partial charge is 0.323 e. The molecule has 0 saturated carbocycles. The first-order valence-corrected chi connectivity index (χ1v) is 5.84. The standard InChI is InChI=1S/C11H9N3O2S/c1-5-10(15)17-9(12-5)6-2-3-7-8(4-6)14-11(16)13-7/h2-4,15H,1H3,(H2,13,14,16). The Kier molecular flexibility index (Phi) is 2.05. The van der Waals surface area contributed by atoms with E-state index in [1.807, 2.05) is 18.2 Å². The highest BCUT2D eigenvalue weighted by atomic mass is 32.1. The molecule has 3 N–H and O–H groups in total. The van der Waals surface area contributed by atoms with Gasteiger partial charge in [-0.05, 0) is 25.1 Å². The molecule has 0 atom stereocenters. The number of aromatic nitrogens is 3. The number of nitrogens with one attached hydrogen (secondary N) is 2. The summed E-state index contributed by atoms with van der Waals surface area (Å²) in [5.74, 6) is 0. The van der Waals surface area contributed by atoms with Crippen LogP contribution in [0.15, 0.2) is 23.0 Å². The molecule has 0 unspecified atom stereocenters. The lowest BCUT2D eigenvalue weighted by molar-refractivity contribution is 0.485. The van der Waals surface area contributed by atoms with Crippen LogP contribution in [0.3, 0.4) is 0 Å². The van der Waals surface area contributed by atoms with E-state index in [1.165, 1.54) is 11.3 Å². The van der Waals surface area contributed by atoms with E-state index in [2.05, 4.69) is 15.0 Å². The zero-order chi connectivity index (χ0) is 12.0. The Morgan fingerprint density at radius 1 is 1.29 bits per heavy atom. The van der Waals surface area contributed by atoms with Gasteiger partial charge in [-0.3, -0.25) is 0 Å². The number of fused-ring (bicyclic) bond motifs is 1. The van der Waals surface area contributed by atoms with Crippen LogP contribution in [-0.2, 0) is 0 Å². The van der Waals surface area contributed by atoms with Crippen molar-refractivity contribution < 1.29 is 5.11 Å². The summed E-state index contributed by atoms with van der Waals surface area (Å²) in [6.07, 6.45) is 0. The van der Waals surface area contributed by atoms with Crippen molar-refractivity contribution >= 4 is 22.4 Å². The minimum Gasteiger partial charge on any atom is -0.498 e. The average molecular weight is 247 g/mol. The normalized spacial score (nSPS) is 11.1. The third kappa shape index (κ3) is 1.62. The van der Waals surface area contributed by atoms with E-state index < -0.39 is 0 Å². The molecule has 3 aromatic rings. The van der Waals surface area contributed by atoms with E-state index in [1.54, 1.807) is 6.92 Å². The molecule has 0 saturated heterocycles. The van der Waals surface area contributed by atoms with Crippen LogP contribution in [0.25, 0.3) is 21.6 Å². The number of H-pyrrole nitrogens is 2. The van der Waals surface area contributed by atoms with Gasteiger partial charge in [0, 0.05) is 5.56 Å². The summed E-state index contributed by atoms with van der Waals surface area (Å²) < 4.78 is 0. The lowest BCUT2D eigenvalue weighted by atomic mass is 10.2. The molecule has 2 heterocycles. The predicted molar refractivity (Wildman–Crippen MR) is 66.4 cm³/mol. The zero-order valence-electron chi connectivity index (χ0n) is 8.94. The summed E-state index contributed by atoms with van der Waals surface area (Å²) in [5, 5.41) is 10.5. The Morgan fingerprint density at radius 3 is 2.76 bits per heavy atom. The number of aromatic hydroxyl groups is 1. The monoisotopic (exact) mass is 247 g/mol. The van der Waals surface area contributed by atoms with Gasteiger partial charge < -0.3 is 15.1 Å². The Hall–Kier alpha value is -2.08. The number of hydrogen-bond donors (Lipinski definition) is 3.